The Kier molecular flexibility index (Phi) is 3.34. The maximum Gasteiger partial charge on any atom is 0.218 e. The van der Waals surface area contributed by atoms with Gasteiger partial charge in [0.15, 0.2) is 5.58 Å². The zero-order chi connectivity index (χ0) is 14.1. The average Bonchev–Trinajstić information content (AvgIpc) is 2.92. The minimum absolute atomic E-state index is 0.456. The summed E-state index contributed by atoms with van der Waals surface area (Å²) < 4.78 is 11.0. The standard InChI is InChI=1S/C15H13ClN2O2/c1-19-15-10(5-3-7-18-15)13(17)12-8-9-4-2-6-11(16)14(9)20-12/h2-8,13H,17H2,1H3. The lowest BCUT2D eigenvalue weighted by Gasteiger charge is -2.12. The molecule has 0 aliphatic heterocycles. The third-order valence-corrected chi connectivity index (χ3v) is 3.45. The molecule has 0 bridgehead atoms. The average molecular weight is 289 g/mol. The Labute approximate surface area is 121 Å². The van der Waals surface area contributed by atoms with E-state index in [0.29, 0.717) is 22.2 Å². The van der Waals surface area contributed by atoms with Crippen LogP contribution in [0.2, 0.25) is 5.02 Å². The Hall–Kier alpha value is -2.04. The van der Waals surface area contributed by atoms with E-state index in [1.54, 1.807) is 19.4 Å². The van der Waals surface area contributed by atoms with Crippen molar-refractivity contribution >= 4 is 22.6 Å². The topological polar surface area (TPSA) is 61.3 Å². The third-order valence-electron chi connectivity index (χ3n) is 3.15. The number of furan rings is 1. The van der Waals surface area contributed by atoms with E-state index in [-0.39, 0.29) is 0 Å². The molecule has 2 aromatic heterocycles. The van der Waals surface area contributed by atoms with Crippen molar-refractivity contribution in [2.75, 3.05) is 7.11 Å². The van der Waals surface area contributed by atoms with Crippen molar-refractivity contribution in [2.24, 2.45) is 5.73 Å². The van der Waals surface area contributed by atoms with Crippen molar-refractivity contribution in [1.82, 2.24) is 4.98 Å². The van der Waals surface area contributed by atoms with Crippen molar-refractivity contribution in [3.8, 4) is 5.88 Å². The number of rotatable bonds is 3. The highest BCUT2D eigenvalue weighted by atomic mass is 35.5. The van der Waals surface area contributed by atoms with Gasteiger partial charge < -0.3 is 14.9 Å². The summed E-state index contributed by atoms with van der Waals surface area (Å²) in [5.74, 6) is 1.12. The van der Waals surface area contributed by atoms with Crippen LogP contribution in [-0.4, -0.2) is 12.1 Å². The molecule has 1 unspecified atom stereocenters. The minimum atomic E-state index is -0.456. The normalized spacial score (nSPS) is 12.6. The number of pyridine rings is 1. The summed E-state index contributed by atoms with van der Waals surface area (Å²) in [7, 11) is 1.56. The van der Waals surface area contributed by atoms with Crippen LogP contribution in [0, 0.1) is 0 Å². The van der Waals surface area contributed by atoms with Gasteiger partial charge in [-0.1, -0.05) is 29.8 Å². The Morgan fingerprint density at radius 1 is 1.30 bits per heavy atom. The summed E-state index contributed by atoms with van der Waals surface area (Å²) in [6, 6.07) is 10.7. The largest absolute Gasteiger partial charge is 0.481 e. The van der Waals surface area contributed by atoms with E-state index < -0.39 is 6.04 Å². The maximum absolute atomic E-state index is 6.25. The maximum atomic E-state index is 6.25. The second kappa shape index (κ2) is 5.15. The number of para-hydroxylation sites is 1. The number of benzene rings is 1. The van der Waals surface area contributed by atoms with Gasteiger partial charge in [0.2, 0.25) is 5.88 Å². The quantitative estimate of drug-likeness (QED) is 0.801. The van der Waals surface area contributed by atoms with Crippen molar-refractivity contribution < 1.29 is 9.15 Å². The lowest BCUT2D eigenvalue weighted by Crippen LogP contribution is -2.12. The molecule has 0 saturated carbocycles. The number of nitrogens with zero attached hydrogens (tertiary/aromatic N) is 1. The fourth-order valence-corrected chi connectivity index (χ4v) is 2.38. The molecule has 4 nitrogen and oxygen atoms in total. The molecule has 3 aromatic rings. The number of ether oxygens (including phenoxy) is 1. The van der Waals surface area contributed by atoms with Gasteiger partial charge >= 0.3 is 0 Å². The van der Waals surface area contributed by atoms with Crippen molar-refractivity contribution in [1.29, 1.82) is 0 Å². The number of nitrogens with two attached hydrogens (primary N) is 1. The predicted octanol–water partition coefficient (Wildman–Crippen LogP) is 3.54. The summed E-state index contributed by atoms with van der Waals surface area (Å²) in [5.41, 5.74) is 7.66. The fraction of sp³-hybridized carbons (Fsp3) is 0.133. The predicted molar refractivity (Wildman–Crippen MR) is 78.0 cm³/mol. The van der Waals surface area contributed by atoms with E-state index in [2.05, 4.69) is 4.98 Å². The summed E-state index contributed by atoms with van der Waals surface area (Å²) in [6.07, 6.45) is 1.66. The molecule has 102 valence electrons. The highest BCUT2D eigenvalue weighted by molar-refractivity contribution is 6.34. The van der Waals surface area contributed by atoms with Crippen molar-refractivity contribution in [3.05, 3.63) is 58.9 Å². The van der Waals surface area contributed by atoms with Gasteiger partial charge in [0, 0.05) is 17.1 Å². The van der Waals surface area contributed by atoms with E-state index in [9.17, 15) is 0 Å². The summed E-state index contributed by atoms with van der Waals surface area (Å²) >= 11 is 6.11. The molecule has 0 fully saturated rings. The Bertz CT molecular complexity index is 754. The van der Waals surface area contributed by atoms with Gasteiger partial charge in [-0.15, -0.1) is 0 Å². The highest BCUT2D eigenvalue weighted by Crippen LogP contribution is 2.32. The first-order chi connectivity index (χ1) is 9.70. The van der Waals surface area contributed by atoms with E-state index in [0.717, 1.165) is 10.9 Å². The van der Waals surface area contributed by atoms with Crippen LogP contribution in [0.4, 0.5) is 0 Å². The van der Waals surface area contributed by atoms with Gasteiger partial charge in [-0.2, -0.15) is 0 Å². The van der Waals surface area contributed by atoms with Gasteiger partial charge in [-0.05, 0) is 18.2 Å². The second-order valence-electron chi connectivity index (χ2n) is 4.39. The van der Waals surface area contributed by atoms with Gasteiger partial charge in [0.1, 0.15) is 5.76 Å². The number of hydrogen-bond acceptors (Lipinski definition) is 4. The molecule has 0 spiro atoms. The van der Waals surface area contributed by atoms with E-state index in [1.165, 1.54) is 0 Å². The molecule has 3 rings (SSSR count). The van der Waals surface area contributed by atoms with E-state index in [4.69, 9.17) is 26.5 Å². The van der Waals surface area contributed by atoms with Gasteiger partial charge in [-0.25, -0.2) is 4.98 Å². The number of hydrogen-bond donors (Lipinski definition) is 1. The Morgan fingerprint density at radius 2 is 2.15 bits per heavy atom. The van der Waals surface area contributed by atoms with Crippen LogP contribution in [0.25, 0.3) is 11.0 Å². The summed E-state index contributed by atoms with van der Waals surface area (Å²) in [4.78, 5) is 4.15. The molecule has 0 aliphatic carbocycles. The molecule has 1 aromatic carbocycles. The molecule has 2 N–H and O–H groups in total. The number of halogens is 1. The van der Waals surface area contributed by atoms with E-state index >= 15 is 0 Å². The van der Waals surface area contributed by atoms with Crippen LogP contribution in [-0.2, 0) is 0 Å². The molecule has 2 heterocycles. The van der Waals surface area contributed by atoms with Crippen LogP contribution < -0.4 is 10.5 Å². The molecule has 0 amide bonds. The zero-order valence-electron chi connectivity index (χ0n) is 10.8. The van der Waals surface area contributed by atoms with Crippen LogP contribution in [0.1, 0.15) is 17.4 Å². The first-order valence-corrected chi connectivity index (χ1v) is 6.51. The molecule has 20 heavy (non-hydrogen) atoms. The first kappa shape index (κ1) is 13.0. The summed E-state index contributed by atoms with van der Waals surface area (Å²) in [6.45, 7) is 0. The summed E-state index contributed by atoms with van der Waals surface area (Å²) in [5, 5.41) is 1.49. The molecule has 0 aliphatic rings. The lowest BCUT2D eigenvalue weighted by molar-refractivity contribution is 0.387. The molecule has 0 radical (unpaired) electrons. The lowest BCUT2D eigenvalue weighted by atomic mass is 10.1. The monoisotopic (exact) mass is 288 g/mol. The smallest absolute Gasteiger partial charge is 0.218 e. The van der Waals surface area contributed by atoms with Crippen LogP contribution in [0.3, 0.4) is 0 Å². The molecular formula is C15H13ClN2O2. The second-order valence-corrected chi connectivity index (χ2v) is 4.79. The molecule has 1 atom stereocenters. The highest BCUT2D eigenvalue weighted by Gasteiger charge is 2.19. The Balaban J connectivity index is 2.08. The van der Waals surface area contributed by atoms with Gasteiger partial charge in [0.25, 0.3) is 0 Å². The van der Waals surface area contributed by atoms with Crippen molar-refractivity contribution in [3.63, 3.8) is 0 Å². The minimum Gasteiger partial charge on any atom is -0.481 e. The fourth-order valence-electron chi connectivity index (χ4n) is 2.16. The first-order valence-electron chi connectivity index (χ1n) is 6.13. The third kappa shape index (κ3) is 2.13. The van der Waals surface area contributed by atoms with Gasteiger partial charge in [-0.3, -0.25) is 0 Å². The number of fused-ring (bicyclic) bond motifs is 1. The number of aromatic nitrogens is 1. The van der Waals surface area contributed by atoms with Crippen LogP contribution >= 0.6 is 11.6 Å². The van der Waals surface area contributed by atoms with Crippen molar-refractivity contribution in [2.45, 2.75) is 6.04 Å². The Morgan fingerprint density at radius 3 is 2.90 bits per heavy atom. The van der Waals surface area contributed by atoms with Crippen LogP contribution in [0.15, 0.2) is 47.0 Å². The van der Waals surface area contributed by atoms with E-state index in [1.807, 2.05) is 30.3 Å². The zero-order valence-corrected chi connectivity index (χ0v) is 11.6. The SMILES string of the molecule is COc1ncccc1C(N)c1cc2cccc(Cl)c2o1. The van der Waals surface area contributed by atoms with Crippen LogP contribution in [0.5, 0.6) is 5.88 Å². The molecular weight excluding hydrogens is 276 g/mol. The van der Waals surface area contributed by atoms with Gasteiger partial charge in [0.05, 0.1) is 18.2 Å². The molecule has 5 heteroatoms. The number of methoxy groups -OCH3 is 1. The molecule has 0 saturated heterocycles.